The number of nitrogens with zero attached hydrogens (tertiary/aromatic N) is 2. The zero-order valence-electron chi connectivity index (χ0n) is 14.5. The maximum atomic E-state index is 12.7. The van der Waals surface area contributed by atoms with Crippen LogP contribution in [-0.2, 0) is 11.3 Å². The second kappa shape index (κ2) is 8.18. The van der Waals surface area contributed by atoms with E-state index in [1.165, 1.54) is 0 Å². The lowest BCUT2D eigenvalue weighted by Crippen LogP contribution is -2.37. The molecule has 0 saturated carbocycles. The first-order valence-corrected chi connectivity index (χ1v) is 8.10. The largest absolute Gasteiger partial charge is 0.496 e. The van der Waals surface area contributed by atoms with Crippen LogP contribution in [-0.4, -0.2) is 44.0 Å². The van der Waals surface area contributed by atoms with Crippen LogP contribution in [0.3, 0.4) is 0 Å². The molecule has 0 saturated heterocycles. The van der Waals surface area contributed by atoms with Gasteiger partial charge in [0.05, 0.1) is 7.11 Å². The predicted octanol–water partition coefficient (Wildman–Crippen LogP) is 3.61. The number of likely N-dealkylation sites (N-methyl/N-ethyl adjacent to an activating group) is 2. The fourth-order valence-corrected chi connectivity index (χ4v) is 2.89. The Morgan fingerprint density at radius 1 is 1.12 bits per heavy atom. The number of carbonyl (C=O) groups is 1. The molecule has 24 heavy (non-hydrogen) atoms. The molecular weight excluding hydrogens is 324 g/mol. The van der Waals surface area contributed by atoms with Gasteiger partial charge in [-0.15, -0.1) is 0 Å². The molecule has 2 rings (SSSR count). The summed E-state index contributed by atoms with van der Waals surface area (Å²) in [5.41, 5.74) is 1.90. The second-order valence-electron chi connectivity index (χ2n) is 5.92. The summed E-state index contributed by atoms with van der Waals surface area (Å²) in [5, 5.41) is 0.648. The molecule has 0 fully saturated rings. The third-order valence-corrected chi connectivity index (χ3v) is 4.13. The molecule has 0 aliphatic heterocycles. The van der Waals surface area contributed by atoms with Crippen LogP contribution in [0.4, 0.5) is 0 Å². The molecule has 1 amide bonds. The summed E-state index contributed by atoms with van der Waals surface area (Å²) >= 11 is 6.12. The number of ether oxygens (including phenoxy) is 1. The molecule has 0 bridgehead atoms. The molecule has 0 aliphatic carbocycles. The standard InChI is InChI=1S/C19H23ClN2O2/c1-21(2)19(23)18(14-8-6-5-7-9-14)22(3)13-15-12-16(20)10-11-17(15)24-4/h5-12,18H,13H2,1-4H3/t18-/m1/s1. The van der Waals surface area contributed by atoms with Gasteiger partial charge in [-0.05, 0) is 30.8 Å². The summed E-state index contributed by atoms with van der Waals surface area (Å²) in [6, 6.07) is 14.9. The first-order chi connectivity index (χ1) is 11.4. The number of amides is 1. The fourth-order valence-electron chi connectivity index (χ4n) is 2.70. The number of hydrogen-bond acceptors (Lipinski definition) is 3. The normalized spacial score (nSPS) is 12.1. The van der Waals surface area contributed by atoms with Crippen molar-refractivity contribution in [2.24, 2.45) is 0 Å². The summed E-state index contributed by atoms with van der Waals surface area (Å²) in [6.45, 7) is 0.545. The number of methoxy groups -OCH3 is 1. The molecule has 4 nitrogen and oxygen atoms in total. The highest BCUT2D eigenvalue weighted by molar-refractivity contribution is 6.30. The lowest BCUT2D eigenvalue weighted by Gasteiger charge is -2.30. The van der Waals surface area contributed by atoms with Gasteiger partial charge >= 0.3 is 0 Å². The summed E-state index contributed by atoms with van der Waals surface area (Å²) in [5.74, 6) is 0.792. The molecule has 1 atom stereocenters. The molecule has 0 aliphatic rings. The molecule has 0 unspecified atom stereocenters. The molecule has 0 aromatic heterocycles. The lowest BCUT2D eigenvalue weighted by molar-refractivity contribution is -0.134. The van der Waals surface area contributed by atoms with Crippen LogP contribution in [0, 0.1) is 0 Å². The van der Waals surface area contributed by atoms with Gasteiger partial charge in [-0.25, -0.2) is 0 Å². The Bertz CT molecular complexity index is 689. The average Bonchev–Trinajstić information content (AvgIpc) is 2.56. The molecule has 0 radical (unpaired) electrons. The molecule has 0 spiro atoms. The van der Waals surface area contributed by atoms with E-state index >= 15 is 0 Å². The van der Waals surface area contributed by atoms with Gasteiger partial charge in [0.2, 0.25) is 5.91 Å². The highest BCUT2D eigenvalue weighted by atomic mass is 35.5. The van der Waals surface area contributed by atoms with Gasteiger partial charge in [0.15, 0.2) is 0 Å². The SMILES string of the molecule is COc1ccc(Cl)cc1CN(C)[C@@H](C(=O)N(C)C)c1ccccc1. The number of halogens is 1. The van der Waals surface area contributed by atoms with E-state index in [4.69, 9.17) is 16.3 Å². The third kappa shape index (κ3) is 4.28. The Hall–Kier alpha value is -2.04. The Morgan fingerprint density at radius 2 is 1.79 bits per heavy atom. The second-order valence-corrected chi connectivity index (χ2v) is 6.35. The van der Waals surface area contributed by atoms with Crippen LogP contribution < -0.4 is 4.74 Å². The number of hydrogen-bond donors (Lipinski definition) is 0. The molecule has 0 N–H and O–H groups in total. The van der Waals surface area contributed by atoms with E-state index in [9.17, 15) is 4.79 Å². The van der Waals surface area contributed by atoms with Crippen LogP contribution in [0.15, 0.2) is 48.5 Å². The lowest BCUT2D eigenvalue weighted by atomic mass is 10.0. The van der Waals surface area contributed by atoms with Crippen molar-refractivity contribution in [3.05, 3.63) is 64.7 Å². The molecule has 2 aromatic rings. The van der Waals surface area contributed by atoms with Crippen molar-refractivity contribution in [3.8, 4) is 5.75 Å². The van der Waals surface area contributed by atoms with E-state index in [0.717, 1.165) is 16.9 Å². The van der Waals surface area contributed by atoms with Crippen molar-refractivity contribution < 1.29 is 9.53 Å². The van der Waals surface area contributed by atoms with E-state index in [-0.39, 0.29) is 11.9 Å². The van der Waals surface area contributed by atoms with E-state index in [1.807, 2.05) is 54.4 Å². The van der Waals surface area contributed by atoms with Crippen molar-refractivity contribution in [1.82, 2.24) is 9.80 Å². The van der Waals surface area contributed by atoms with E-state index in [0.29, 0.717) is 11.6 Å². The summed E-state index contributed by atoms with van der Waals surface area (Å²) in [7, 11) is 7.10. The van der Waals surface area contributed by atoms with Crippen molar-refractivity contribution in [2.75, 3.05) is 28.3 Å². The average molecular weight is 347 g/mol. The van der Waals surface area contributed by atoms with Gasteiger partial charge in [0.25, 0.3) is 0 Å². The Labute approximate surface area is 148 Å². The quantitative estimate of drug-likeness (QED) is 0.801. The highest BCUT2D eigenvalue weighted by Crippen LogP contribution is 2.28. The number of carbonyl (C=O) groups excluding carboxylic acids is 1. The van der Waals surface area contributed by atoms with Crippen molar-refractivity contribution in [2.45, 2.75) is 12.6 Å². The third-order valence-electron chi connectivity index (χ3n) is 3.89. The minimum atomic E-state index is -0.370. The summed E-state index contributed by atoms with van der Waals surface area (Å²) in [6.07, 6.45) is 0. The summed E-state index contributed by atoms with van der Waals surface area (Å²) in [4.78, 5) is 16.3. The maximum Gasteiger partial charge on any atom is 0.244 e. The van der Waals surface area contributed by atoms with Crippen LogP contribution in [0.2, 0.25) is 5.02 Å². The molecule has 0 heterocycles. The smallest absolute Gasteiger partial charge is 0.244 e. The first kappa shape index (κ1) is 18.3. The predicted molar refractivity (Wildman–Crippen MR) is 97.3 cm³/mol. The van der Waals surface area contributed by atoms with Crippen LogP contribution in [0.1, 0.15) is 17.2 Å². The monoisotopic (exact) mass is 346 g/mol. The van der Waals surface area contributed by atoms with Gasteiger partial charge in [0.1, 0.15) is 11.8 Å². The zero-order chi connectivity index (χ0) is 17.7. The number of benzene rings is 2. The van der Waals surface area contributed by atoms with E-state index in [2.05, 4.69) is 0 Å². The molecule has 2 aromatic carbocycles. The van der Waals surface area contributed by atoms with Crippen molar-refractivity contribution in [1.29, 1.82) is 0 Å². The van der Waals surface area contributed by atoms with E-state index in [1.54, 1.807) is 32.2 Å². The first-order valence-electron chi connectivity index (χ1n) is 7.72. The van der Waals surface area contributed by atoms with Crippen LogP contribution >= 0.6 is 11.6 Å². The maximum absolute atomic E-state index is 12.7. The Balaban J connectivity index is 2.33. The van der Waals surface area contributed by atoms with Gasteiger partial charge in [-0.2, -0.15) is 0 Å². The van der Waals surface area contributed by atoms with Crippen LogP contribution in [0.5, 0.6) is 5.75 Å². The Morgan fingerprint density at radius 3 is 2.38 bits per heavy atom. The fraction of sp³-hybridized carbons (Fsp3) is 0.316. The van der Waals surface area contributed by atoms with Gasteiger partial charge < -0.3 is 9.64 Å². The zero-order valence-corrected chi connectivity index (χ0v) is 15.2. The molecule has 128 valence electrons. The van der Waals surface area contributed by atoms with Gasteiger partial charge in [-0.3, -0.25) is 9.69 Å². The molecular formula is C19H23ClN2O2. The minimum absolute atomic E-state index is 0.0321. The van der Waals surface area contributed by atoms with Crippen molar-refractivity contribution in [3.63, 3.8) is 0 Å². The number of rotatable bonds is 6. The van der Waals surface area contributed by atoms with Crippen molar-refractivity contribution >= 4 is 17.5 Å². The highest BCUT2D eigenvalue weighted by Gasteiger charge is 2.27. The van der Waals surface area contributed by atoms with Gasteiger partial charge in [-0.1, -0.05) is 41.9 Å². The topological polar surface area (TPSA) is 32.8 Å². The minimum Gasteiger partial charge on any atom is -0.496 e. The van der Waals surface area contributed by atoms with Gasteiger partial charge in [0, 0.05) is 31.2 Å². The Kier molecular flexibility index (Phi) is 6.23. The van der Waals surface area contributed by atoms with Crippen LogP contribution in [0.25, 0.3) is 0 Å². The summed E-state index contributed by atoms with van der Waals surface area (Å²) < 4.78 is 5.41. The van der Waals surface area contributed by atoms with E-state index < -0.39 is 0 Å². The molecule has 5 heteroatoms.